The minimum atomic E-state index is -0.0852. The quantitative estimate of drug-likeness (QED) is 0.914. The molecule has 3 nitrogen and oxygen atoms in total. The van der Waals surface area contributed by atoms with Crippen molar-refractivity contribution in [3.05, 3.63) is 53.3 Å². The summed E-state index contributed by atoms with van der Waals surface area (Å²) in [7, 11) is 0. The number of aliphatic hydroxyl groups excluding tert-OH is 1. The van der Waals surface area contributed by atoms with E-state index in [-0.39, 0.29) is 12.0 Å². The van der Waals surface area contributed by atoms with Crippen molar-refractivity contribution in [1.82, 2.24) is 4.98 Å². The summed E-state index contributed by atoms with van der Waals surface area (Å²) >= 11 is 0. The first kappa shape index (κ1) is 15.5. The molecule has 0 radical (unpaired) electrons. The minimum absolute atomic E-state index is 0.00729. The second-order valence-corrected chi connectivity index (χ2v) is 6.18. The van der Waals surface area contributed by atoms with Gasteiger partial charge in [-0.2, -0.15) is 0 Å². The van der Waals surface area contributed by atoms with Crippen LogP contribution in [0.5, 0.6) is 11.5 Å². The molecule has 0 saturated carbocycles. The average molecular weight is 285 g/mol. The van der Waals surface area contributed by atoms with E-state index in [1.54, 1.807) is 18.3 Å². The predicted octanol–water partition coefficient (Wildman–Crippen LogP) is 4.23. The Morgan fingerprint density at radius 3 is 2.52 bits per heavy atom. The van der Waals surface area contributed by atoms with Gasteiger partial charge in [-0.3, -0.25) is 4.98 Å². The summed E-state index contributed by atoms with van der Waals surface area (Å²) in [6, 6.07) is 9.90. The minimum Gasteiger partial charge on any atom is -0.457 e. The number of aryl methyl sites for hydroxylation is 1. The number of aromatic nitrogens is 1. The van der Waals surface area contributed by atoms with Gasteiger partial charge in [0, 0.05) is 17.8 Å². The van der Waals surface area contributed by atoms with Crippen LogP contribution >= 0.6 is 0 Å². The Morgan fingerprint density at radius 1 is 1.14 bits per heavy atom. The molecule has 0 atom stereocenters. The highest BCUT2D eigenvalue weighted by atomic mass is 16.5. The molecule has 3 heteroatoms. The van der Waals surface area contributed by atoms with Gasteiger partial charge < -0.3 is 9.84 Å². The predicted molar refractivity (Wildman–Crippen MR) is 84.8 cm³/mol. The third kappa shape index (κ3) is 3.82. The Bertz CT molecular complexity index is 615. The van der Waals surface area contributed by atoms with Gasteiger partial charge in [0.1, 0.15) is 11.5 Å². The molecule has 0 spiro atoms. The Labute approximate surface area is 126 Å². The summed E-state index contributed by atoms with van der Waals surface area (Å²) in [6.07, 6.45) is 2.66. The highest BCUT2D eigenvalue weighted by Crippen LogP contribution is 2.35. The number of rotatable bonds is 4. The van der Waals surface area contributed by atoms with E-state index < -0.39 is 0 Å². The lowest BCUT2D eigenvalue weighted by molar-refractivity contribution is 0.276. The molecule has 1 aromatic carbocycles. The summed E-state index contributed by atoms with van der Waals surface area (Å²) < 4.78 is 6.03. The van der Waals surface area contributed by atoms with Gasteiger partial charge >= 0.3 is 0 Å². The van der Waals surface area contributed by atoms with Crippen molar-refractivity contribution in [3.63, 3.8) is 0 Å². The van der Waals surface area contributed by atoms with Crippen LogP contribution in [0.4, 0.5) is 0 Å². The second-order valence-electron chi connectivity index (χ2n) is 6.18. The monoisotopic (exact) mass is 285 g/mol. The number of nitrogens with zero attached hydrogens (tertiary/aromatic N) is 1. The Balaban J connectivity index is 2.39. The smallest absolute Gasteiger partial charge is 0.131 e. The maximum Gasteiger partial charge on any atom is 0.131 e. The number of aliphatic hydroxyl groups is 1. The lowest BCUT2D eigenvalue weighted by Crippen LogP contribution is -2.13. The molecule has 0 aliphatic carbocycles. The summed E-state index contributed by atoms with van der Waals surface area (Å²) in [5.41, 5.74) is 3.10. The molecule has 0 amide bonds. The Kier molecular flexibility index (Phi) is 4.63. The first-order valence-corrected chi connectivity index (χ1v) is 7.31. The highest BCUT2D eigenvalue weighted by molar-refractivity contribution is 5.44. The van der Waals surface area contributed by atoms with Crippen molar-refractivity contribution in [2.45, 2.75) is 46.1 Å². The summed E-state index contributed by atoms with van der Waals surface area (Å²) in [6.45, 7) is 8.61. The zero-order chi connectivity index (χ0) is 15.5. The van der Waals surface area contributed by atoms with Crippen molar-refractivity contribution in [2.75, 3.05) is 0 Å². The molecule has 1 N–H and O–H groups in total. The normalized spacial score (nSPS) is 11.5. The fraction of sp³-hybridized carbons (Fsp3) is 0.389. The third-order valence-electron chi connectivity index (χ3n) is 3.44. The molecule has 0 unspecified atom stereocenters. The first-order chi connectivity index (χ1) is 9.94. The van der Waals surface area contributed by atoms with Gasteiger partial charge in [0.25, 0.3) is 0 Å². The third-order valence-corrected chi connectivity index (χ3v) is 3.44. The van der Waals surface area contributed by atoms with Gasteiger partial charge in [-0.05, 0) is 29.5 Å². The Hall–Kier alpha value is -1.87. The van der Waals surface area contributed by atoms with Crippen LogP contribution in [-0.2, 0) is 18.4 Å². The van der Waals surface area contributed by atoms with Gasteiger partial charge in [0.05, 0.1) is 12.3 Å². The molecule has 0 aliphatic heterocycles. The van der Waals surface area contributed by atoms with Crippen LogP contribution in [0.25, 0.3) is 0 Å². The van der Waals surface area contributed by atoms with Crippen LogP contribution in [0.15, 0.2) is 36.5 Å². The van der Waals surface area contributed by atoms with E-state index in [9.17, 15) is 0 Å². The largest absolute Gasteiger partial charge is 0.457 e. The summed E-state index contributed by atoms with van der Waals surface area (Å²) in [4.78, 5) is 4.07. The first-order valence-electron chi connectivity index (χ1n) is 7.31. The van der Waals surface area contributed by atoms with Crippen LogP contribution < -0.4 is 4.74 Å². The molecule has 1 heterocycles. The van der Waals surface area contributed by atoms with E-state index >= 15 is 0 Å². The zero-order valence-electron chi connectivity index (χ0n) is 13.2. The maximum atomic E-state index is 9.16. The molecule has 0 bridgehead atoms. The van der Waals surface area contributed by atoms with Crippen molar-refractivity contribution in [2.24, 2.45) is 0 Å². The number of hydrogen-bond acceptors (Lipinski definition) is 3. The van der Waals surface area contributed by atoms with Crippen LogP contribution in [0, 0.1) is 0 Å². The summed E-state index contributed by atoms with van der Waals surface area (Å²) in [5.74, 6) is 1.55. The maximum absolute atomic E-state index is 9.16. The number of pyridine rings is 1. The van der Waals surface area contributed by atoms with Crippen molar-refractivity contribution in [1.29, 1.82) is 0 Å². The SMILES string of the molecule is CCc1ccc(Oc2ccnc(CO)c2)c(C(C)(C)C)c1. The number of benzene rings is 1. The van der Waals surface area contributed by atoms with Crippen LogP contribution in [0.2, 0.25) is 0 Å². The standard InChI is InChI=1S/C18H23NO2/c1-5-13-6-7-17(16(10-13)18(2,3)4)21-15-8-9-19-14(11-15)12-20/h6-11,20H,5,12H2,1-4H3. The molecular weight excluding hydrogens is 262 g/mol. The van der Waals surface area contributed by atoms with E-state index in [0.29, 0.717) is 11.4 Å². The molecular formula is C18H23NO2. The summed E-state index contributed by atoms with van der Waals surface area (Å²) in [5, 5.41) is 9.16. The molecule has 0 saturated heterocycles. The van der Waals surface area contributed by atoms with E-state index in [1.165, 1.54) is 11.1 Å². The molecule has 112 valence electrons. The van der Waals surface area contributed by atoms with E-state index in [2.05, 4.69) is 44.8 Å². The van der Waals surface area contributed by atoms with Gasteiger partial charge in [0.2, 0.25) is 0 Å². The van der Waals surface area contributed by atoms with Gasteiger partial charge in [0.15, 0.2) is 0 Å². The molecule has 1 aromatic heterocycles. The average Bonchev–Trinajstić information content (AvgIpc) is 2.46. The van der Waals surface area contributed by atoms with Crippen LogP contribution in [-0.4, -0.2) is 10.1 Å². The second kappa shape index (κ2) is 6.27. The highest BCUT2D eigenvalue weighted by Gasteiger charge is 2.20. The number of ether oxygens (including phenoxy) is 1. The van der Waals surface area contributed by atoms with Crippen LogP contribution in [0.1, 0.15) is 44.5 Å². The number of hydrogen-bond donors (Lipinski definition) is 1. The molecule has 21 heavy (non-hydrogen) atoms. The van der Waals surface area contributed by atoms with Gasteiger partial charge in [-0.25, -0.2) is 0 Å². The zero-order valence-corrected chi connectivity index (χ0v) is 13.2. The van der Waals surface area contributed by atoms with E-state index in [1.807, 2.05) is 6.07 Å². The van der Waals surface area contributed by atoms with Gasteiger partial charge in [-0.15, -0.1) is 0 Å². The fourth-order valence-electron chi connectivity index (χ4n) is 2.21. The molecule has 0 fully saturated rings. The van der Waals surface area contributed by atoms with Crippen molar-refractivity contribution >= 4 is 0 Å². The van der Waals surface area contributed by atoms with Gasteiger partial charge in [-0.1, -0.05) is 39.8 Å². The molecule has 0 aliphatic rings. The van der Waals surface area contributed by atoms with Crippen LogP contribution in [0.3, 0.4) is 0 Å². The Morgan fingerprint density at radius 2 is 1.90 bits per heavy atom. The van der Waals surface area contributed by atoms with Crippen molar-refractivity contribution < 1.29 is 9.84 Å². The molecule has 2 rings (SSSR count). The topological polar surface area (TPSA) is 42.4 Å². The lowest BCUT2D eigenvalue weighted by Gasteiger charge is -2.23. The van der Waals surface area contributed by atoms with E-state index in [0.717, 1.165) is 12.2 Å². The fourth-order valence-corrected chi connectivity index (χ4v) is 2.21. The van der Waals surface area contributed by atoms with E-state index in [4.69, 9.17) is 9.84 Å². The molecule has 2 aromatic rings. The van der Waals surface area contributed by atoms with Crippen molar-refractivity contribution in [3.8, 4) is 11.5 Å². The lowest BCUT2D eigenvalue weighted by atomic mass is 9.85.